The van der Waals surface area contributed by atoms with E-state index in [1.165, 1.54) is 6.07 Å². The number of rotatable bonds is 4. The van der Waals surface area contributed by atoms with E-state index in [9.17, 15) is 14.5 Å². The Morgan fingerprint density at radius 3 is 2.50 bits per heavy atom. The van der Waals surface area contributed by atoms with Crippen molar-refractivity contribution in [2.75, 3.05) is 0 Å². The topological polar surface area (TPSA) is 52.4 Å². The second kappa shape index (κ2) is 6.00. The maximum atomic E-state index is 13.8. The molecule has 0 radical (unpaired) electrons. The molecule has 0 amide bonds. The van der Waals surface area contributed by atoms with Crippen LogP contribution in [0.4, 0.5) is 10.1 Å². The molecule has 0 fully saturated rings. The van der Waals surface area contributed by atoms with Crippen LogP contribution in [0.2, 0.25) is 0 Å². The Balaban J connectivity index is 2.29. The Hall–Kier alpha value is -1.95. The lowest BCUT2D eigenvalue weighted by Gasteiger charge is -2.08. The monoisotopic (exact) mass is 339 g/mol. The number of aryl methyl sites for hydroxylation is 1. The average Bonchev–Trinajstić information content (AvgIpc) is 2.43. The van der Waals surface area contributed by atoms with Crippen LogP contribution in [0, 0.1) is 22.9 Å². The minimum Gasteiger partial charge on any atom is -0.454 e. The molecule has 0 N–H and O–H groups in total. The van der Waals surface area contributed by atoms with Crippen LogP contribution in [0.5, 0.6) is 11.5 Å². The zero-order valence-electron chi connectivity index (χ0n) is 10.6. The lowest BCUT2D eigenvalue weighted by molar-refractivity contribution is -0.385. The van der Waals surface area contributed by atoms with E-state index in [1.807, 2.05) is 12.1 Å². The summed E-state index contributed by atoms with van der Waals surface area (Å²) in [7, 11) is 0. The fraction of sp³-hybridized carbons (Fsp3) is 0.143. The van der Waals surface area contributed by atoms with Gasteiger partial charge in [0.05, 0.1) is 11.0 Å². The highest BCUT2D eigenvalue weighted by atomic mass is 79.9. The van der Waals surface area contributed by atoms with Gasteiger partial charge in [-0.15, -0.1) is 0 Å². The first kappa shape index (κ1) is 14.5. The van der Waals surface area contributed by atoms with Crippen molar-refractivity contribution < 1.29 is 14.1 Å². The molecule has 0 unspecified atom stereocenters. The van der Waals surface area contributed by atoms with E-state index in [0.29, 0.717) is 11.3 Å². The summed E-state index contributed by atoms with van der Waals surface area (Å²) in [5.74, 6) is -0.312. The summed E-state index contributed by atoms with van der Waals surface area (Å²) in [4.78, 5) is 10.1. The quantitative estimate of drug-likeness (QED) is 0.459. The summed E-state index contributed by atoms with van der Waals surface area (Å²) in [5, 5.41) is 11.4. The van der Waals surface area contributed by atoms with E-state index >= 15 is 0 Å². The number of ether oxygens (including phenoxy) is 1. The second-order valence-electron chi connectivity index (χ2n) is 4.21. The second-order valence-corrected chi connectivity index (χ2v) is 4.77. The number of alkyl halides is 1. The molecular weight excluding hydrogens is 329 g/mol. The molecule has 4 nitrogen and oxygen atoms in total. The van der Waals surface area contributed by atoms with Gasteiger partial charge >= 0.3 is 0 Å². The third-order valence-corrected chi connectivity index (χ3v) is 3.40. The average molecular weight is 340 g/mol. The maximum Gasteiger partial charge on any atom is 0.275 e. The summed E-state index contributed by atoms with van der Waals surface area (Å²) in [5.41, 5.74) is 1.16. The van der Waals surface area contributed by atoms with Gasteiger partial charge in [0.1, 0.15) is 5.75 Å². The van der Waals surface area contributed by atoms with Crippen LogP contribution in [-0.2, 0) is 5.33 Å². The van der Waals surface area contributed by atoms with Crippen molar-refractivity contribution in [1.82, 2.24) is 0 Å². The molecule has 0 saturated heterocycles. The fourth-order valence-corrected chi connectivity index (χ4v) is 2.07. The molecule has 0 atom stereocenters. The highest BCUT2D eigenvalue weighted by Gasteiger charge is 2.16. The molecule has 0 aliphatic heterocycles. The van der Waals surface area contributed by atoms with Crippen LogP contribution < -0.4 is 4.74 Å². The van der Waals surface area contributed by atoms with Crippen LogP contribution in [0.15, 0.2) is 36.4 Å². The third kappa shape index (κ3) is 3.14. The van der Waals surface area contributed by atoms with E-state index in [0.717, 1.165) is 17.0 Å². The third-order valence-electron chi connectivity index (χ3n) is 2.75. The summed E-state index contributed by atoms with van der Waals surface area (Å²) >= 11 is 3.33. The molecule has 0 aliphatic rings. The highest BCUT2D eigenvalue weighted by molar-refractivity contribution is 9.08. The molecule has 2 rings (SSSR count). The predicted molar refractivity (Wildman–Crippen MR) is 76.9 cm³/mol. The van der Waals surface area contributed by atoms with Gasteiger partial charge in [-0.1, -0.05) is 28.1 Å². The zero-order chi connectivity index (χ0) is 14.7. The molecule has 104 valence electrons. The van der Waals surface area contributed by atoms with E-state index in [2.05, 4.69) is 15.9 Å². The Morgan fingerprint density at radius 2 is 1.95 bits per heavy atom. The van der Waals surface area contributed by atoms with Crippen molar-refractivity contribution in [3.8, 4) is 11.5 Å². The van der Waals surface area contributed by atoms with Crippen molar-refractivity contribution in [3.63, 3.8) is 0 Å². The first-order valence-electron chi connectivity index (χ1n) is 5.78. The van der Waals surface area contributed by atoms with Gasteiger partial charge < -0.3 is 4.74 Å². The lowest BCUT2D eigenvalue weighted by atomic mass is 10.2. The van der Waals surface area contributed by atoms with Gasteiger partial charge in [-0.3, -0.25) is 10.1 Å². The Morgan fingerprint density at radius 1 is 1.30 bits per heavy atom. The molecule has 0 spiro atoms. The van der Waals surface area contributed by atoms with Crippen LogP contribution in [0.1, 0.15) is 11.1 Å². The van der Waals surface area contributed by atoms with Crippen LogP contribution >= 0.6 is 15.9 Å². The van der Waals surface area contributed by atoms with E-state index in [1.54, 1.807) is 19.1 Å². The van der Waals surface area contributed by atoms with Crippen molar-refractivity contribution in [3.05, 3.63) is 63.5 Å². The standard InChI is InChI=1S/C14H11BrFNO3/c1-9-6-14(12(16)7-13(9)17(18)19)20-11-4-2-10(8-15)3-5-11/h2-7H,8H2,1H3. The van der Waals surface area contributed by atoms with E-state index in [-0.39, 0.29) is 11.4 Å². The van der Waals surface area contributed by atoms with Gasteiger partial charge in [-0.25, -0.2) is 4.39 Å². The zero-order valence-corrected chi connectivity index (χ0v) is 12.2. The number of halogens is 2. The summed E-state index contributed by atoms with van der Waals surface area (Å²) in [6, 6.07) is 9.32. The molecule has 6 heteroatoms. The van der Waals surface area contributed by atoms with Gasteiger partial charge in [-0.05, 0) is 30.7 Å². The number of benzene rings is 2. The van der Waals surface area contributed by atoms with E-state index in [4.69, 9.17) is 4.74 Å². The first-order valence-corrected chi connectivity index (χ1v) is 6.90. The van der Waals surface area contributed by atoms with Crippen LogP contribution in [-0.4, -0.2) is 4.92 Å². The summed E-state index contributed by atoms with van der Waals surface area (Å²) in [6.07, 6.45) is 0. The molecule has 0 heterocycles. The molecule has 20 heavy (non-hydrogen) atoms. The largest absolute Gasteiger partial charge is 0.454 e. The van der Waals surface area contributed by atoms with Crippen molar-refractivity contribution in [2.24, 2.45) is 0 Å². The molecule has 2 aromatic rings. The van der Waals surface area contributed by atoms with Gasteiger partial charge in [0, 0.05) is 10.9 Å². The number of nitro groups is 1. The minimum atomic E-state index is -0.758. The minimum absolute atomic E-state index is 0.0281. The van der Waals surface area contributed by atoms with Gasteiger partial charge in [0.25, 0.3) is 5.69 Å². The summed E-state index contributed by atoms with van der Waals surface area (Å²) < 4.78 is 19.2. The molecule has 0 aromatic heterocycles. The SMILES string of the molecule is Cc1cc(Oc2ccc(CBr)cc2)c(F)cc1[N+](=O)[O-]. The fourth-order valence-electron chi connectivity index (χ4n) is 1.69. The maximum absolute atomic E-state index is 13.8. The first-order chi connectivity index (χ1) is 9.51. The van der Waals surface area contributed by atoms with Gasteiger partial charge in [0.15, 0.2) is 11.6 Å². The Kier molecular flexibility index (Phi) is 4.34. The normalized spacial score (nSPS) is 10.3. The van der Waals surface area contributed by atoms with E-state index < -0.39 is 10.7 Å². The Labute approximate surface area is 123 Å². The Bertz CT molecular complexity index is 644. The highest BCUT2D eigenvalue weighted by Crippen LogP contribution is 2.30. The van der Waals surface area contributed by atoms with Gasteiger partial charge in [-0.2, -0.15) is 0 Å². The van der Waals surface area contributed by atoms with Crippen LogP contribution in [0.25, 0.3) is 0 Å². The number of hydrogen-bond acceptors (Lipinski definition) is 3. The van der Waals surface area contributed by atoms with Gasteiger partial charge in [0.2, 0.25) is 0 Å². The predicted octanol–water partition coefficient (Wildman–Crippen LogP) is 4.73. The van der Waals surface area contributed by atoms with Crippen molar-refractivity contribution >= 4 is 21.6 Å². The number of nitro benzene ring substituents is 1. The number of nitrogens with zero attached hydrogens (tertiary/aromatic N) is 1. The smallest absolute Gasteiger partial charge is 0.275 e. The molecule has 2 aromatic carbocycles. The number of hydrogen-bond donors (Lipinski definition) is 0. The van der Waals surface area contributed by atoms with Crippen molar-refractivity contribution in [2.45, 2.75) is 12.3 Å². The molecule has 0 saturated carbocycles. The molecule has 0 bridgehead atoms. The van der Waals surface area contributed by atoms with Crippen LogP contribution in [0.3, 0.4) is 0 Å². The lowest BCUT2D eigenvalue weighted by Crippen LogP contribution is -1.96. The summed E-state index contributed by atoms with van der Waals surface area (Å²) in [6.45, 7) is 1.54. The molecule has 0 aliphatic carbocycles. The molecular formula is C14H11BrFNO3. The van der Waals surface area contributed by atoms with Crippen molar-refractivity contribution in [1.29, 1.82) is 0 Å².